The third-order valence-electron chi connectivity index (χ3n) is 2.32. The van der Waals surface area contributed by atoms with Gasteiger partial charge in [-0.1, -0.05) is 6.07 Å². The van der Waals surface area contributed by atoms with E-state index < -0.39 is 0 Å². The minimum absolute atomic E-state index is 0.643. The first-order chi connectivity index (χ1) is 6.29. The van der Waals surface area contributed by atoms with Crippen LogP contribution in [0.5, 0.6) is 0 Å². The fourth-order valence-corrected chi connectivity index (χ4v) is 2.53. The molecule has 2 nitrogen and oxygen atoms in total. The third kappa shape index (κ3) is 1.56. The van der Waals surface area contributed by atoms with Crippen molar-refractivity contribution in [1.82, 2.24) is 0 Å². The van der Waals surface area contributed by atoms with Crippen molar-refractivity contribution in [2.75, 3.05) is 6.54 Å². The van der Waals surface area contributed by atoms with E-state index in [-0.39, 0.29) is 0 Å². The number of hydrogen-bond donors (Lipinski definition) is 0. The van der Waals surface area contributed by atoms with Gasteiger partial charge in [0.1, 0.15) is 4.88 Å². The summed E-state index contributed by atoms with van der Waals surface area (Å²) in [5.74, 6) is 0. The molecule has 3 heteroatoms. The number of hydrogen-bond acceptors (Lipinski definition) is 2. The van der Waals surface area contributed by atoms with E-state index in [0.29, 0.717) is 6.54 Å². The Kier molecular flexibility index (Phi) is 2.27. The molecule has 1 aliphatic heterocycles. The molecule has 0 atom stereocenters. The summed E-state index contributed by atoms with van der Waals surface area (Å²) in [4.78, 5) is 12.7. The lowest BCUT2D eigenvalue weighted by Crippen LogP contribution is -2.14. The molecule has 1 aliphatic rings. The zero-order chi connectivity index (χ0) is 9.26. The van der Waals surface area contributed by atoms with Gasteiger partial charge in [0, 0.05) is 21.7 Å². The molecule has 0 fully saturated rings. The molecule has 2 heterocycles. The van der Waals surface area contributed by atoms with E-state index in [1.54, 1.807) is 11.3 Å². The Morgan fingerprint density at radius 1 is 1.54 bits per heavy atom. The van der Waals surface area contributed by atoms with Crippen LogP contribution < -0.4 is 0 Å². The molecule has 0 aromatic carbocycles. The lowest BCUT2D eigenvalue weighted by atomic mass is 10.0. The molecule has 2 rings (SSSR count). The highest BCUT2D eigenvalue weighted by molar-refractivity contribution is 7.11. The van der Waals surface area contributed by atoms with Crippen LogP contribution in [0.3, 0.4) is 0 Å². The van der Waals surface area contributed by atoms with Crippen LogP contribution in [0.25, 0.3) is 5.70 Å². The summed E-state index contributed by atoms with van der Waals surface area (Å²) < 4.78 is 1.13. The van der Waals surface area contributed by atoms with E-state index in [0.717, 1.165) is 28.2 Å². The van der Waals surface area contributed by atoms with Gasteiger partial charge in [-0.15, -0.1) is 11.3 Å². The fourth-order valence-electron chi connectivity index (χ4n) is 1.68. The molecule has 0 spiro atoms. The van der Waals surface area contributed by atoms with Gasteiger partial charge in [-0.05, 0) is 24.8 Å². The Balaban J connectivity index is 2.45. The first-order valence-electron chi connectivity index (χ1n) is 4.47. The second kappa shape index (κ2) is 3.42. The van der Waals surface area contributed by atoms with Crippen molar-refractivity contribution in [2.24, 2.45) is 0 Å². The van der Waals surface area contributed by atoms with E-state index >= 15 is 0 Å². The normalized spacial score (nSPS) is 18.1. The zero-order valence-corrected chi connectivity index (χ0v) is 8.43. The van der Waals surface area contributed by atoms with Crippen LogP contribution in [0, 0.1) is 4.91 Å². The summed E-state index contributed by atoms with van der Waals surface area (Å²) in [5, 5.41) is 2.01. The van der Waals surface area contributed by atoms with E-state index in [2.05, 4.69) is 6.92 Å². The maximum Gasteiger partial charge on any atom is 0.271 e. The smallest absolute Gasteiger partial charge is 0.137 e. The SMILES string of the molecule is CC1=C(c2cccs2)[N+](=O)CCC1. The summed E-state index contributed by atoms with van der Waals surface area (Å²) in [5.41, 5.74) is 2.13. The average Bonchev–Trinajstić information content (AvgIpc) is 2.57. The van der Waals surface area contributed by atoms with E-state index in [9.17, 15) is 4.91 Å². The monoisotopic (exact) mass is 194 g/mol. The fraction of sp³-hybridized carbons (Fsp3) is 0.400. The maximum atomic E-state index is 11.6. The Morgan fingerprint density at radius 3 is 3.00 bits per heavy atom. The first kappa shape index (κ1) is 8.63. The van der Waals surface area contributed by atoms with Crippen molar-refractivity contribution in [3.63, 3.8) is 0 Å². The Hall–Kier alpha value is -0.960. The van der Waals surface area contributed by atoms with Crippen LogP contribution in [0.4, 0.5) is 0 Å². The van der Waals surface area contributed by atoms with Crippen LogP contribution in [-0.4, -0.2) is 11.3 Å². The van der Waals surface area contributed by atoms with Crippen LogP contribution in [0.1, 0.15) is 24.6 Å². The predicted octanol–water partition coefficient (Wildman–Crippen LogP) is 3.05. The molecule has 13 heavy (non-hydrogen) atoms. The molecule has 68 valence electrons. The van der Waals surface area contributed by atoms with Crippen molar-refractivity contribution >= 4 is 17.0 Å². The molecule has 0 saturated heterocycles. The molecule has 0 saturated carbocycles. The third-order valence-corrected chi connectivity index (χ3v) is 3.20. The summed E-state index contributed by atoms with van der Waals surface area (Å²) in [6, 6.07) is 4.00. The van der Waals surface area contributed by atoms with Crippen molar-refractivity contribution in [3.8, 4) is 0 Å². The van der Waals surface area contributed by atoms with Crippen molar-refractivity contribution in [2.45, 2.75) is 19.8 Å². The molecule has 1 aromatic rings. The van der Waals surface area contributed by atoms with Crippen molar-refractivity contribution < 1.29 is 4.76 Å². The van der Waals surface area contributed by atoms with Gasteiger partial charge in [0.2, 0.25) is 0 Å². The van der Waals surface area contributed by atoms with Crippen LogP contribution in [0.2, 0.25) is 0 Å². The Bertz CT molecular complexity index is 351. The van der Waals surface area contributed by atoms with Gasteiger partial charge in [-0.2, -0.15) is 0 Å². The van der Waals surface area contributed by atoms with Gasteiger partial charge in [0.15, 0.2) is 6.54 Å². The Morgan fingerprint density at radius 2 is 2.38 bits per heavy atom. The maximum absolute atomic E-state index is 11.6. The van der Waals surface area contributed by atoms with E-state index in [1.807, 2.05) is 17.5 Å². The van der Waals surface area contributed by atoms with Crippen LogP contribution in [0.15, 0.2) is 23.1 Å². The minimum atomic E-state index is 0.643. The molecule has 0 N–H and O–H groups in total. The van der Waals surface area contributed by atoms with Gasteiger partial charge in [0.25, 0.3) is 5.70 Å². The lowest BCUT2D eigenvalue weighted by molar-refractivity contribution is -0.459. The van der Waals surface area contributed by atoms with E-state index in [1.165, 1.54) is 5.57 Å². The van der Waals surface area contributed by atoms with Gasteiger partial charge in [-0.3, -0.25) is 0 Å². The van der Waals surface area contributed by atoms with Gasteiger partial charge in [-0.25, -0.2) is 0 Å². The molecular formula is C10H12NOS+. The molecule has 0 radical (unpaired) electrons. The predicted molar refractivity (Wildman–Crippen MR) is 54.6 cm³/mol. The van der Waals surface area contributed by atoms with Crippen molar-refractivity contribution in [1.29, 1.82) is 0 Å². The van der Waals surface area contributed by atoms with E-state index in [4.69, 9.17) is 0 Å². The summed E-state index contributed by atoms with van der Waals surface area (Å²) in [6.07, 6.45) is 2.05. The second-order valence-corrected chi connectivity index (χ2v) is 4.26. The standard InChI is InChI=1S/C10H12NOS/c1-8-4-2-6-11(12)10(8)9-5-3-7-13-9/h3,5,7H,2,4,6H2,1H3/q+1. The number of thiophene rings is 1. The number of allylic oxidation sites excluding steroid dienone is 1. The summed E-state index contributed by atoms with van der Waals surface area (Å²) >= 11 is 1.64. The largest absolute Gasteiger partial charge is 0.271 e. The molecular weight excluding hydrogens is 182 g/mol. The highest BCUT2D eigenvalue weighted by Gasteiger charge is 2.27. The Labute approximate surface area is 81.5 Å². The number of nitrogens with zero attached hydrogens (tertiary/aromatic N) is 1. The van der Waals surface area contributed by atoms with Crippen LogP contribution in [-0.2, 0) is 0 Å². The highest BCUT2D eigenvalue weighted by atomic mass is 32.1. The lowest BCUT2D eigenvalue weighted by Gasteiger charge is -2.07. The highest BCUT2D eigenvalue weighted by Crippen LogP contribution is 2.29. The average molecular weight is 194 g/mol. The molecule has 0 bridgehead atoms. The van der Waals surface area contributed by atoms with Gasteiger partial charge < -0.3 is 0 Å². The second-order valence-electron chi connectivity index (χ2n) is 3.31. The summed E-state index contributed by atoms with van der Waals surface area (Å²) in [6.45, 7) is 2.70. The van der Waals surface area contributed by atoms with Crippen LogP contribution >= 0.6 is 11.3 Å². The minimum Gasteiger partial charge on any atom is -0.137 e. The first-order valence-corrected chi connectivity index (χ1v) is 5.35. The van der Waals surface area contributed by atoms with Crippen molar-refractivity contribution in [3.05, 3.63) is 32.9 Å². The summed E-state index contributed by atoms with van der Waals surface area (Å²) in [7, 11) is 0. The number of rotatable bonds is 1. The number of nitroso groups, excluding NO2 is 1. The topological polar surface area (TPSA) is 20.1 Å². The van der Waals surface area contributed by atoms with Gasteiger partial charge in [0.05, 0.1) is 0 Å². The van der Waals surface area contributed by atoms with Gasteiger partial charge >= 0.3 is 0 Å². The molecule has 0 amide bonds. The quantitative estimate of drug-likeness (QED) is 0.629. The zero-order valence-electron chi connectivity index (χ0n) is 7.62. The molecule has 1 aromatic heterocycles. The molecule has 0 unspecified atom stereocenters. The molecule has 0 aliphatic carbocycles.